The molecule has 0 aromatic carbocycles. The summed E-state index contributed by atoms with van der Waals surface area (Å²) >= 11 is 0. The van der Waals surface area contributed by atoms with Crippen molar-refractivity contribution in [2.75, 3.05) is 0 Å². The molecule has 2 aromatic rings. The molecule has 0 spiro atoms. The lowest BCUT2D eigenvalue weighted by atomic mass is 10.3. The number of hydrogen-bond acceptors (Lipinski definition) is 5. The molecule has 0 aliphatic heterocycles. The van der Waals surface area contributed by atoms with Gasteiger partial charge in [-0.05, 0) is 0 Å². The van der Waals surface area contributed by atoms with E-state index in [0.717, 1.165) is 0 Å². The second-order valence-corrected chi connectivity index (χ2v) is 2.43. The van der Waals surface area contributed by atoms with Gasteiger partial charge in [-0.3, -0.25) is 0 Å². The summed E-state index contributed by atoms with van der Waals surface area (Å²) in [4.78, 5) is 15.9. The van der Waals surface area contributed by atoms with Crippen LogP contribution in [0.3, 0.4) is 0 Å². The summed E-state index contributed by atoms with van der Waals surface area (Å²) in [5.41, 5.74) is 1.81. The largest absolute Gasteiger partial charge is 0.249 e. The summed E-state index contributed by atoms with van der Waals surface area (Å²) in [5, 5.41) is 8.44. The van der Waals surface area contributed by atoms with E-state index in [0.29, 0.717) is 16.9 Å². The summed E-state index contributed by atoms with van der Waals surface area (Å²) in [6.07, 6.45) is 4.82. The third-order valence-corrected chi connectivity index (χ3v) is 1.53. The maximum absolute atomic E-state index is 8.44. The molecule has 0 amide bonds. The van der Waals surface area contributed by atoms with Crippen LogP contribution in [-0.2, 0) is 6.42 Å². The Balaban J connectivity index is 2.57. The Labute approximate surface area is 74.1 Å². The first-order valence-corrected chi connectivity index (χ1v) is 3.69. The van der Waals surface area contributed by atoms with Gasteiger partial charge in [0.1, 0.15) is 11.8 Å². The topological polar surface area (TPSA) is 75.3 Å². The Hall–Kier alpha value is -2.09. The highest BCUT2D eigenvalue weighted by molar-refractivity contribution is 5.67. The second kappa shape index (κ2) is 3.11. The van der Waals surface area contributed by atoms with E-state index in [1.54, 1.807) is 12.4 Å². The van der Waals surface area contributed by atoms with Crippen LogP contribution in [0.25, 0.3) is 11.2 Å². The van der Waals surface area contributed by atoms with Gasteiger partial charge in [0.15, 0.2) is 5.65 Å². The highest BCUT2D eigenvalue weighted by Gasteiger charge is 1.99. The fourth-order valence-corrected chi connectivity index (χ4v) is 0.968. The van der Waals surface area contributed by atoms with Crippen molar-refractivity contribution >= 4 is 11.2 Å². The molecule has 0 radical (unpaired) electrons. The lowest BCUT2D eigenvalue weighted by Gasteiger charge is -1.95. The molecule has 5 nitrogen and oxygen atoms in total. The van der Waals surface area contributed by atoms with Gasteiger partial charge in [0.05, 0.1) is 30.6 Å². The second-order valence-electron chi connectivity index (χ2n) is 2.43. The molecule has 2 rings (SSSR count). The normalized spacial score (nSPS) is 9.77. The molecule has 0 saturated carbocycles. The van der Waals surface area contributed by atoms with Crippen molar-refractivity contribution in [2.24, 2.45) is 0 Å². The predicted octanol–water partition coefficient (Wildman–Crippen LogP) is 0.486. The molecule has 0 unspecified atom stereocenters. The van der Waals surface area contributed by atoms with E-state index in [-0.39, 0.29) is 6.42 Å². The van der Waals surface area contributed by atoms with E-state index in [1.807, 2.05) is 6.07 Å². The molecule has 13 heavy (non-hydrogen) atoms. The maximum atomic E-state index is 8.44. The fourth-order valence-electron chi connectivity index (χ4n) is 0.968. The third-order valence-electron chi connectivity index (χ3n) is 1.53. The van der Waals surface area contributed by atoms with E-state index in [4.69, 9.17) is 5.26 Å². The number of nitrogens with zero attached hydrogens (tertiary/aromatic N) is 5. The van der Waals surface area contributed by atoms with Gasteiger partial charge >= 0.3 is 0 Å². The van der Waals surface area contributed by atoms with Crippen molar-refractivity contribution in [3.8, 4) is 6.07 Å². The van der Waals surface area contributed by atoms with Crippen LogP contribution in [0.15, 0.2) is 18.7 Å². The smallest absolute Gasteiger partial charge is 0.181 e. The van der Waals surface area contributed by atoms with E-state index in [9.17, 15) is 0 Å². The minimum Gasteiger partial charge on any atom is -0.249 e. The van der Waals surface area contributed by atoms with Gasteiger partial charge in [-0.25, -0.2) is 19.9 Å². The van der Waals surface area contributed by atoms with E-state index < -0.39 is 0 Å². The lowest BCUT2D eigenvalue weighted by Crippen LogP contribution is -1.93. The number of rotatable bonds is 1. The molecular formula is C8H5N5. The van der Waals surface area contributed by atoms with E-state index in [1.165, 1.54) is 6.33 Å². The first kappa shape index (κ1) is 7.55. The summed E-state index contributed by atoms with van der Waals surface area (Å²) in [6.45, 7) is 0. The zero-order valence-electron chi connectivity index (χ0n) is 6.68. The van der Waals surface area contributed by atoms with Crippen LogP contribution in [0.4, 0.5) is 0 Å². The monoisotopic (exact) mass is 171 g/mol. The van der Waals surface area contributed by atoms with Crippen molar-refractivity contribution < 1.29 is 0 Å². The molecule has 62 valence electrons. The highest BCUT2D eigenvalue weighted by atomic mass is 14.9. The number of aromatic nitrogens is 4. The standard InChI is InChI=1S/C8H5N5/c9-2-1-6-3-11-7-4-10-5-12-8(7)13-6/h3-5H,1H2. The molecule has 5 heteroatoms. The average molecular weight is 171 g/mol. The van der Waals surface area contributed by atoms with Crippen LogP contribution in [-0.4, -0.2) is 19.9 Å². The van der Waals surface area contributed by atoms with Gasteiger partial charge in [0, 0.05) is 0 Å². The van der Waals surface area contributed by atoms with Gasteiger partial charge in [-0.15, -0.1) is 0 Å². The molecule has 0 N–H and O–H groups in total. The van der Waals surface area contributed by atoms with Gasteiger partial charge in [0.2, 0.25) is 0 Å². The Morgan fingerprint density at radius 1 is 1.31 bits per heavy atom. The summed E-state index contributed by atoms with van der Waals surface area (Å²) in [5.74, 6) is 0. The molecule has 0 atom stereocenters. The van der Waals surface area contributed by atoms with Crippen molar-refractivity contribution in [2.45, 2.75) is 6.42 Å². The van der Waals surface area contributed by atoms with E-state index in [2.05, 4.69) is 19.9 Å². The zero-order valence-corrected chi connectivity index (χ0v) is 6.68. The van der Waals surface area contributed by atoms with Gasteiger partial charge in [-0.1, -0.05) is 0 Å². The van der Waals surface area contributed by atoms with Crippen LogP contribution in [0, 0.1) is 11.3 Å². The number of hydrogen-bond donors (Lipinski definition) is 0. The first-order chi connectivity index (χ1) is 6.40. The van der Waals surface area contributed by atoms with Crippen molar-refractivity contribution in [1.29, 1.82) is 5.26 Å². The Morgan fingerprint density at radius 2 is 2.23 bits per heavy atom. The van der Waals surface area contributed by atoms with Gasteiger partial charge < -0.3 is 0 Å². The average Bonchev–Trinajstić information content (AvgIpc) is 2.18. The van der Waals surface area contributed by atoms with E-state index >= 15 is 0 Å². The summed E-state index contributed by atoms with van der Waals surface area (Å²) in [7, 11) is 0. The van der Waals surface area contributed by atoms with Crippen LogP contribution in [0.5, 0.6) is 0 Å². The number of nitriles is 1. The van der Waals surface area contributed by atoms with Crippen molar-refractivity contribution in [3.63, 3.8) is 0 Å². The van der Waals surface area contributed by atoms with Crippen LogP contribution in [0.2, 0.25) is 0 Å². The first-order valence-electron chi connectivity index (χ1n) is 3.69. The molecule has 0 aliphatic rings. The van der Waals surface area contributed by atoms with Crippen molar-refractivity contribution in [1.82, 2.24) is 19.9 Å². The van der Waals surface area contributed by atoms with Gasteiger partial charge in [-0.2, -0.15) is 5.26 Å². The Bertz CT molecular complexity index is 473. The highest BCUT2D eigenvalue weighted by Crippen LogP contribution is 2.03. The Kier molecular flexibility index (Phi) is 1.81. The number of fused-ring (bicyclic) bond motifs is 1. The zero-order chi connectivity index (χ0) is 9.10. The van der Waals surface area contributed by atoms with Crippen molar-refractivity contribution in [3.05, 3.63) is 24.4 Å². The summed E-state index contributed by atoms with van der Waals surface area (Å²) in [6, 6.07) is 2.00. The summed E-state index contributed by atoms with van der Waals surface area (Å²) < 4.78 is 0. The Morgan fingerprint density at radius 3 is 3.08 bits per heavy atom. The predicted molar refractivity (Wildman–Crippen MR) is 44.4 cm³/mol. The molecule has 0 bridgehead atoms. The van der Waals surface area contributed by atoms with Gasteiger partial charge in [0.25, 0.3) is 0 Å². The minimum atomic E-state index is 0.257. The molecule has 2 heterocycles. The quantitative estimate of drug-likeness (QED) is 0.624. The minimum absolute atomic E-state index is 0.257. The third kappa shape index (κ3) is 1.42. The molecule has 0 aliphatic carbocycles. The van der Waals surface area contributed by atoms with Crippen LogP contribution in [0.1, 0.15) is 5.69 Å². The molecule has 0 fully saturated rings. The molecular weight excluding hydrogens is 166 g/mol. The molecule has 0 saturated heterocycles. The van der Waals surface area contributed by atoms with Crippen LogP contribution < -0.4 is 0 Å². The SMILES string of the molecule is N#CCc1cnc2cncnc2n1. The fraction of sp³-hybridized carbons (Fsp3) is 0.125. The van der Waals surface area contributed by atoms with Crippen LogP contribution >= 0.6 is 0 Å². The molecule has 2 aromatic heterocycles. The maximum Gasteiger partial charge on any atom is 0.181 e. The lowest BCUT2D eigenvalue weighted by molar-refractivity contribution is 1.06.